The molecule has 8 bridgehead atoms. The molecule has 0 atom stereocenters. The number of rotatable bonds is 10. The third kappa shape index (κ3) is 8.81. The van der Waals surface area contributed by atoms with Gasteiger partial charge in [0, 0.05) is 68.0 Å². The second-order valence-electron chi connectivity index (χ2n) is 13.3. The Morgan fingerprint density at radius 3 is 0.843 bits per heavy atom. The monoisotopic (exact) mass is 693 g/mol. The number of para-hydroxylation sites is 4. The maximum absolute atomic E-state index is 12.8. The van der Waals surface area contributed by atoms with Crippen LogP contribution in [0.1, 0.15) is 44.5 Å². The fourth-order valence-corrected chi connectivity index (χ4v) is 6.09. The zero-order valence-electron chi connectivity index (χ0n) is 30.6. The van der Waals surface area contributed by atoms with Crippen LogP contribution in [0.5, 0.6) is 23.0 Å². The van der Waals surface area contributed by atoms with Gasteiger partial charge in [0.2, 0.25) is 0 Å². The topological polar surface area (TPSA) is 97.8 Å². The van der Waals surface area contributed by atoms with E-state index in [-0.39, 0.29) is 37.5 Å². The van der Waals surface area contributed by atoms with Crippen LogP contribution in [-0.2, 0) is 40.1 Å². The number of likely N-dealkylation sites (N-methyl/N-ethyl adjacent to an activating group) is 3. The van der Waals surface area contributed by atoms with Crippen molar-refractivity contribution in [3.8, 4) is 23.0 Å². The van der Waals surface area contributed by atoms with E-state index in [0.717, 1.165) is 50.3 Å². The summed E-state index contributed by atoms with van der Waals surface area (Å²) in [5.41, 5.74) is 7.16. The molecule has 51 heavy (non-hydrogen) atoms. The fraction of sp³-hybridized carbons (Fsp3) is 0.341. The van der Waals surface area contributed by atoms with E-state index in [1.807, 2.05) is 72.8 Å². The SMILES string of the molecule is COc1c2cccc1Cc1cccc(c1OCC(=O)N(C)C)Cc1cccc(c1OCC(=O)N(C)C)Cc1cccc(c1OCC(=O)N(C)C)C2. The molecule has 0 radical (unpaired) electrons. The van der Waals surface area contributed by atoms with Gasteiger partial charge in [-0.15, -0.1) is 0 Å². The molecule has 4 aromatic carbocycles. The summed E-state index contributed by atoms with van der Waals surface area (Å²) in [5.74, 6) is 2.10. The molecule has 4 aromatic rings. The summed E-state index contributed by atoms with van der Waals surface area (Å²) < 4.78 is 25.2. The Labute approximate surface area is 300 Å². The molecule has 0 fully saturated rings. The summed E-state index contributed by atoms with van der Waals surface area (Å²) in [5, 5.41) is 0. The van der Waals surface area contributed by atoms with Gasteiger partial charge in [-0.3, -0.25) is 14.4 Å². The van der Waals surface area contributed by atoms with Crippen molar-refractivity contribution in [2.45, 2.75) is 25.7 Å². The van der Waals surface area contributed by atoms with Crippen LogP contribution in [0.4, 0.5) is 0 Å². The molecule has 0 heterocycles. The number of nitrogens with zero attached hydrogens (tertiary/aromatic N) is 3. The van der Waals surface area contributed by atoms with Crippen molar-refractivity contribution in [3.05, 3.63) is 117 Å². The van der Waals surface area contributed by atoms with E-state index >= 15 is 0 Å². The lowest BCUT2D eigenvalue weighted by Gasteiger charge is -2.23. The molecule has 5 rings (SSSR count). The summed E-state index contributed by atoms with van der Waals surface area (Å²) in [6.07, 6.45) is 1.79. The first kappa shape index (κ1) is 36.8. The normalized spacial score (nSPS) is 12.0. The molecule has 0 aliphatic heterocycles. The zero-order chi connectivity index (χ0) is 36.7. The van der Waals surface area contributed by atoms with E-state index in [0.29, 0.717) is 42.9 Å². The van der Waals surface area contributed by atoms with Gasteiger partial charge in [-0.1, -0.05) is 72.8 Å². The number of carbonyl (C=O) groups excluding carboxylic acids is 3. The number of hydrogen-bond acceptors (Lipinski definition) is 7. The molecule has 10 nitrogen and oxygen atoms in total. The lowest BCUT2D eigenvalue weighted by molar-refractivity contribution is -0.131. The number of ether oxygens (including phenoxy) is 4. The van der Waals surface area contributed by atoms with Crippen molar-refractivity contribution in [1.29, 1.82) is 0 Å². The summed E-state index contributed by atoms with van der Waals surface area (Å²) in [6.45, 7) is -0.391. The van der Waals surface area contributed by atoms with Crippen molar-refractivity contribution in [2.24, 2.45) is 0 Å². The lowest BCUT2D eigenvalue weighted by Crippen LogP contribution is -2.28. The molecule has 0 aromatic heterocycles. The minimum absolute atomic E-state index is 0.122. The molecule has 1 aliphatic carbocycles. The highest BCUT2D eigenvalue weighted by Gasteiger charge is 2.23. The van der Waals surface area contributed by atoms with Gasteiger partial charge in [0.25, 0.3) is 17.7 Å². The molecular weight excluding hydrogens is 646 g/mol. The zero-order valence-corrected chi connectivity index (χ0v) is 30.6. The Bertz CT molecular complexity index is 1780. The van der Waals surface area contributed by atoms with Crippen LogP contribution in [0.25, 0.3) is 0 Å². The summed E-state index contributed by atoms with van der Waals surface area (Å²) in [4.78, 5) is 42.8. The van der Waals surface area contributed by atoms with Crippen molar-refractivity contribution in [1.82, 2.24) is 14.7 Å². The van der Waals surface area contributed by atoms with Gasteiger partial charge in [-0.05, 0) is 44.5 Å². The van der Waals surface area contributed by atoms with Crippen LogP contribution >= 0.6 is 0 Å². The lowest BCUT2D eigenvalue weighted by atomic mass is 9.91. The summed E-state index contributed by atoms with van der Waals surface area (Å²) in [7, 11) is 11.9. The van der Waals surface area contributed by atoms with Gasteiger partial charge >= 0.3 is 0 Å². The first-order valence-corrected chi connectivity index (χ1v) is 16.9. The smallest absolute Gasteiger partial charge is 0.259 e. The fourth-order valence-electron chi connectivity index (χ4n) is 6.09. The number of carbonyl (C=O) groups is 3. The van der Waals surface area contributed by atoms with Crippen LogP contribution in [0, 0.1) is 0 Å². The number of fused-ring (bicyclic) bond motifs is 8. The Morgan fingerprint density at radius 1 is 0.431 bits per heavy atom. The molecule has 0 saturated heterocycles. The van der Waals surface area contributed by atoms with E-state index in [2.05, 4.69) is 0 Å². The van der Waals surface area contributed by atoms with Gasteiger partial charge in [0.05, 0.1) is 7.11 Å². The quantitative estimate of drug-likeness (QED) is 0.208. The van der Waals surface area contributed by atoms with Gasteiger partial charge in [-0.25, -0.2) is 0 Å². The highest BCUT2D eigenvalue weighted by atomic mass is 16.5. The first-order valence-electron chi connectivity index (χ1n) is 16.9. The Morgan fingerprint density at radius 2 is 0.647 bits per heavy atom. The van der Waals surface area contributed by atoms with Crippen LogP contribution in [-0.4, -0.2) is 102 Å². The molecule has 0 spiro atoms. The van der Waals surface area contributed by atoms with E-state index in [9.17, 15) is 14.4 Å². The van der Waals surface area contributed by atoms with Gasteiger partial charge < -0.3 is 33.6 Å². The molecular formula is C41H47N3O7. The van der Waals surface area contributed by atoms with Crippen molar-refractivity contribution in [2.75, 3.05) is 69.2 Å². The maximum Gasteiger partial charge on any atom is 0.259 e. The Kier molecular flexibility index (Phi) is 11.9. The predicted octanol–water partition coefficient (Wildman–Crippen LogP) is 4.77. The summed E-state index contributed by atoms with van der Waals surface area (Å²) >= 11 is 0. The largest absolute Gasteiger partial charge is 0.496 e. The average Bonchev–Trinajstić information content (AvgIpc) is 3.10. The molecule has 0 saturated carbocycles. The standard InChI is InChI=1S/C41H47N3O7/c1-42(2)35(45)24-49-39-29-14-9-16-31(39)22-33-18-11-19-34(41(33)51-26-37(47)44(5)6)23-32-17-10-15-30(40(32)50-25-36(46)43(3)4)21-28-13-8-12-27(20-29)38(28)48-7/h8-19H,20-26H2,1-7H3. The second kappa shape index (κ2) is 16.5. The number of amides is 3. The number of hydrogen-bond donors (Lipinski definition) is 0. The minimum atomic E-state index is -0.172. The Hall–Kier alpha value is -5.51. The van der Waals surface area contributed by atoms with Crippen LogP contribution in [0.2, 0.25) is 0 Å². The van der Waals surface area contributed by atoms with E-state index in [4.69, 9.17) is 18.9 Å². The molecule has 0 N–H and O–H groups in total. The van der Waals surface area contributed by atoms with Crippen molar-refractivity contribution in [3.63, 3.8) is 0 Å². The van der Waals surface area contributed by atoms with Crippen LogP contribution in [0.3, 0.4) is 0 Å². The molecule has 268 valence electrons. The maximum atomic E-state index is 12.8. The van der Waals surface area contributed by atoms with Crippen molar-refractivity contribution >= 4 is 17.7 Å². The van der Waals surface area contributed by atoms with Crippen LogP contribution in [0.15, 0.2) is 72.8 Å². The summed E-state index contributed by atoms with van der Waals surface area (Å²) in [6, 6.07) is 24.0. The van der Waals surface area contributed by atoms with Crippen LogP contribution < -0.4 is 18.9 Å². The predicted molar refractivity (Wildman–Crippen MR) is 196 cm³/mol. The van der Waals surface area contributed by atoms with Crippen molar-refractivity contribution < 1.29 is 33.3 Å². The van der Waals surface area contributed by atoms with E-state index in [1.165, 1.54) is 14.7 Å². The minimum Gasteiger partial charge on any atom is -0.496 e. The van der Waals surface area contributed by atoms with Gasteiger partial charge in [-0.2, -0.15) is 0 Å². The third-order valence-corrected chi connectivity index (χ3v) is 8.96. The Balaban J connectivity index is 1.72. The third-order valence-electron chi connectivity index (χ3n) is 8.96. The molecule has 10 heteroatoms. The van der Waals surface area contributed by atoms with Gasteiger partial charge in [0.1, 0.15) is 23.0 Å². The van der Waals surface area contributed by atoms with E-state index in [1.54, 1.807) is 49.4 Å². The van der Waals surface area contributed by atoms with Gasteiger partial charge in [0.15, 0.2) is 19.8 Å². The average molecular weight is 694 g/mol. The second-order valence-corrected chi connectivity index (χ2v) is 13.3. The molecule has 3 amide bonds. The number of benzene rings is 4. The van der Waals surface area contributed by atoms with E-state index < -0.39 is 0 Å². The molecule has 1 aliphatic rings. The highest BCUT2D eigenvalue weighted by Crippen LogP contribution is 2.38. The number of methoxy groups -OCH3 is 1. The first-order chi connectivity index (χ1) is 24.5. The highest BCUT2D eigenvalue weighted by molar-refractivity contribution is 5.78. The molecule has 0 unspecified atom stereocenters.